The van der Waals surface area contributed by atoms with Crippen LogP contribution in [0.15, 0.2) is 54.7 Å². The molecule has 0 fully saturated rings. The van der Waals surface area contributed by atoms with Gasteiger partial charge in [-0.1, -0.05) is 39.0 Å². The van der Waals surface area contributed by atoms with Crippen molar-refractivity contribution in [2.24, 2.45) is 12.5 Å². The van der Waals surface area contributed by atoms with Crippen LogP contribution in [0.1, 0.15) is 31.9 Å². The monoisotopic (exact) mass is 368 g/mol. The molecule has 3 heteroatoms. The lowest BCUT2D eigenvalue weighted by Gasteiger charge is -2.18. The van der Waals surface area contributed by atoms with E-state index in [0.717, 1.165) is 11.9 Å². The summed E-state index contributed by atoms with van der Waals surface area (Å²) in [6.45, 7) is 9.07. The Morgan fingerprint density at radius 3 is 2.57 bits per heavy atom. The largest absolute Gasteiger partial charge is 0.297 e. The number of aromatic nitrogens is 3. The van der Waals surface area contributed by atoms with Crippen LogP contribution in [0.4, 0.5) is 0 Å². The Morgan fingerprint density at radius 2 is 1.79 bits per heavy atom. The van der Waals surface area contributed by atoms with E-state index in [1.165, 1.54) is 44.1 Å². The van der Waals surface area contributed by atoms with Crippen LogP contribution in [-0.2, 0) is 13.5 Å². The Labute approximate surface area is 165 Å². The molecule has 0 unspecified atom stereocenters. The third-order valence-electron chi connectivity index (χ3n) is 5.69. The molecule has 0 aliphatic carbocycles. The highest BCUT2D eigenvalue weighted by Crippen LogP contribution is 2.33. The molecule has 3 heterocycles. The highest BCUT2D eigenvalue weighted by Gasteiger charge is 2.25. The zero-order valence-electron chi connectivity index (χ0n) is 17.2. The predicted octanol–water partition coefficient (Wildman–Crippen LogP) is 5.52. The third-order valence-corrected chi connectivity index (χ3v) is 5.69. The third kappa shape index (κ3) is 2.42. The van der Waals surface area contributed by atoms with Crippen LogP contribution in [0.5, 0.6) is 0 Å². The maximum absolute atomic E-state index is 4.81. The normalized spacial score (nSPS) is 12.6. The fourth-order valence-corrected chi connectivity index (χ4v) is 4.57. The minimum Gasteiger partial charge on any atom is -0.255 e. The molecule has 3 aromatic heterocycles. The first-order chi connectivity index (χ1) is 13.3. The van der Waals surface area contributed by atoms with E-state index in [0.29, 0.717) is 0 Å². The van der Waals surface area contributed by atoms with Crippen LogP contribution in [0.2, 0.25) is 0 Å². The lowest BCUT2D eigenvalue weighted by molar-refractivity contribution is -0.617. The summed E-state index contributed by atoms with van der Waals surface area (Å²) in [4.78, 5) is 4.81. The minimum absolute atomic E-state index is 0.252. The SMILES string of the molecule is Cc1ccnc2c3ccc(CC(C)(C)C)cc3n3c4ccccc4[n+](C)c3c12. The molecule has 0 saturated carbocycles. The number of pyridine rings is 2. The lowest BCUT2D eigenvalue weighted by Crippen LogP contribution is -2.27. The van der Waals surface area contributed by atoms with Crippen LogP contribution in [-0.4, -0.2) is 9.38 Å². The van der Waals surface area contributed by atoms with Gasteiger partial charge in [0.2, 0.25) is 0 Å². The fraction of sp³-hybridized carbons (Fsp3) is 0.280. The maximum atomic E-state index is 4.81. The first kappa shape index (κ1) is 17.2. The Morgan fingerprint density at radius 1 is 1.00 bits per heavy atom. The summed E-state index contributed by atoms with van der Waals surface area (Å²) in [6.07, 6.45) is 2.98. The van der Waals surface area contributed by atoms with Gasteiger partial charge in [0.25, 0.3) is 5.65 Å². The van der Waals surface area contributed by atoms with Gasteiger partial charge in [-0.25, -0.2) is 4.57 Å². The second kappa shape index (κ2) is 5.78. The lowest BCUT2D eigenvalue weighted by atomic mass is 9.88. The Balaban J connectivity index is 2.06. The summed E-state index contributed by atoms with van der Waals surface area (Å²) >= 11 is 0. The van der Waals surface area contributed by atoms with Gasteiger partial charge in [-0.3, -0.25) is 4.98 Å². The molecule has 0 spiro atoms. The van der Waals surface area contributed by atoms with Gasteiger partial charge >= 0.3 is 0 Å². The van der Waals surface area contributed by atoms with Gasteiger partial charge in [0, 0.05) is 11.6 Å². The van der Waals surface area contributed by atoms with Gasteiger partial charge in [0.15, 0.2) is 11.0 Å². The summed E-state index contributed by atoms with van der Waals surface area (Å²) in [5.74, 6) is 0. The molecule has 0 amide bonds. The van der Waals surface area contributed by atoms with Crippen LogP contribution in [0, 0.1) is 12.3 Å². The zero-order chi connectivity index (χ0) is 19.6. The van der Waals surface area contributed by atoms with Crippen molar-refractivity contribution in [2.75, 3.05) is 0 Å². The predicted molar refractivity (Wildman–Crippen MR) is 117 cm³/mol. The number of para-hydroxylation sites is 2. The second-order valence-corrected chi connectivity index (χ2v) is 9.15. The number of fused-ring (bicyclic) bond motifs is 8. The molecule has 0 saturated heterocycles. The van der Waals surface area contributed by atoms with Gasteiger partial charge in [-0.15, -0.1) is 0 Å². The van der Waals surface area contributed by atoms with Gasteiger partial charge < -0.3 is 0 Å². The van der Waals surface area contributed by atoms with Crippen molar-refractivity contribution in [3.8, 4) is 0 Å². The van der Waals surface area contributed by atoms with E-state index >= 15 is 0 Å². The molecular weight excluding hydrogens is 342 g/mol. The van der Waals surface area contributed by atoms with E-state index < -0.39 is 0 Å². The number of nitrogens with zero attached hydrogens (tertiary/aromatic N) is 3. The van der Waals surface area contributed by atoms with E-state index in [4.69, 9.17) is 4.98 Å². The minimum atomic E-state index is 0.252. The van der Waals surface area contributed by atoms with Crippen molar-refractivity contribution in [1.29, 1.82) is 0 Å². The molecule has 0 N–H and O–H groups in total. The quantitative estimate of drug-likeness (QED) is 0.282. The second-order valence-electron chi connectivity index (χ2n) is 9.15. The van der Waals surface area contributed by atoms with Gasteiger partial charge in [0.1, 0.15) is 5.52 Å². The number of aryl methyl sites for hydroxylation is 2. The van der Waals surface area contributed by atoms with Crippen molar-refractivity contribution < 1.29 is 4.57 Å². The molecule has 0 atom stereocenters. The molecule has 28 heavy (non-hydrogen) atoms. The van der Waals surface area contributed by atoms with Gasteiger partial charge in [0.05, 0.1) is 18.0 Å². The van der Waals surface area contributed by atoms with Crippen molar-refractivity contribution in [3.05, 3.63) is 65.9 Å². The summed E-state index contributed by atoms with van der Waals surface area (Å²) < 4.78 is 4.73. The van der Waals surface area contributed by atoms with Crippen molar-refractivity contribution in [3.63, 3.8) is 0 Å². The zero-order valence-corrected chi connectivity index (χ0v) is 17.2. The smallest absolute Gasteiger partial charge is 0.255 e. The Bertz CT molecular complexity index is 1380. The van der Waals surface area contributed by atoms with Crippen LogP contribution >= 0.6 is 0 Å². The first-order valence-electron chi connectivity index (χ1n) is 9.94. The first-order valence-corrected chi connectivity index (χ1v) is 9.94. The molecular formula is C25H26N3+. The van der Waals surface area contributed by atoms with Gasteiger partial charge in [-0.2, -0.15) is 4.40 Å². The highest BCUT2D eigenvalue weighted by atomic mass is 15.1. The summed E-state index contributed by atoms with van der Waals surface area (Å²) in [5.41, 5.74) is 8.89. The Hall–Kier alpha value is -2.94. The standard InChI is InChI=1S/C25H26N3/c1-16-12-13-26-23-18-11-10-17(15-25(2,3)4)14-21(18)28-20-9-7-6-8-19(20)27(5)24(28)22(16)23/h6-14H,15H2,1-5H3/q+1. The molecule has 5 aromatic rings. The van der Waals surface area contributed by atoms with Crippen LogP contribution < -0.4 is 4.57 Å². The average molecular weight is 369 g/mol. The molecule has 0 aliphatic rings. The van der Waals surface area contributed by atoms with E-state index in [1.807, 2.05) is 6.20 Å². The number of imidazole rings is 1. The highest BCUT2D eigenvalue weighted by molar-refractivity contribution is 6.11. The summed E-state index contributed by atoms with van der Waals surface area (Å²) in [7, 11) is 2.16. The number of hydrogen-bond acceptors (Lipinski definition) is 1. The van der Waals surface area contributed by atoms with E-state index in [2.05, 4.69) is 92.2 Å². The fourth-order valence-electron chi connectivity index (χ4n) is 4.57. The van der Waals surface area contributed by atoms with E-state index in [-0.39, 0.29) is 5.41 Å². The van der Waals surface area contributed by atoms with E-state index in [1.54, 1.807) is 0 Å². The molecule has 2 aromatic carbocycles. The maximum Gasteiger partial charge on any atom is 0.297 e. The summed E-state index contributed by atoms with van der Waals surface area (Å²) in [6, 6.07) is 17.7. The molecule has 0 aliphatic heterocycles. The van der Waals surface area contributed by atoms with E-state index in [9.17, 15) is 0 Å². The van der Waals surface area contributed by atoms with Crippen molar-refractivity contribution in [1.82, 2.24) is 9.38 Å². The topological polar surface area (TPSA) is 21.2 Å². The van der Waals surface area contributed by atoms with Crippen molar-refractivity contribution >= 4 is 38.5 Å². The number of benzene rings is 2. The Kier molecular flexibility index (Phi) is 3.54. The van der Waals surface area contributed by atoms with Crippen LogP contribution in [0.3, 0.4) is 0 Å². The van der Waals surface area contributed by atoms with Crippen LogP contribution in [0.25, 0.3) is 38.5 Å². The average Bonchev–Trinajstić information content (AvgIpc) is 2.94. The molecule has 140 valence electrons. The molecule has 0 bridgehead atoms. The number of hydrogen-bond donors (Lipinski definition) is 0. The van der Waals surface area contributed by atoms with Gasteiger partial charge in [-0.05, 0) is 60.2 Å². The molecule has 0 radical (unpaired) electrons. The summed E-state index contributed by atoms with van der Waals surface area (Å²) in [5, 5.41) is 2.45. The number of rotatable bonds is 1. The van der Waals surface area contributed by atoms with Crippen molar-refractivity contribution in [2.45, 2.75) is 34.1 Å². The molecule has 3 nitrogen and oxygen atoms in total. The molecule has 5 rings (SSSR count).